The Kier molecular flexibility index (Phi) is 2.46. The number of H-pyrrole nitrogens is 1. The Morgan fingerprint density at radius 1 is 1.29 bits per heavy atom. The van der Waals surface area contributed by atoms with Gasteiger partial charge in [0.1, 0.15) is 0 Å². The van der Waals surface area contributed by atoms with Gasteiger partial charge in [0.15, 0.2) is 0 Å². The molecular weight excluding hydrogens is 214 g/mol. The quantitative estimate of drug-likeness (QED) is 0.788. The molecule has 1 aliphatic carbocycles. The molecule has 1 aliphatic rings. The molecule has 0 spiro atoms. The monoisotopic (exact) mass is 229 g/mol. The Bertz CT molecular complexity index is 502. The smallest absolute Gasteiger partial charge is 0.0923 e. The summed E-state index contributed by atoms with van der Waals surface area (Å²) in [5.74, 6) is 5.18. The molecule has 1 aromatic carbocycles. The van der Waals surface area contributed by atoms with E-state index >= 15 is 0 Å². The predicted molar refractivity (Wildman–Crippen MR) is 65.1 cm³/mol. The molecule has 0 unspecified atom stereocenters. The minimum Gasteiger partial charge on any atom is -0.304 e. The van der Waals surface area contributed by atoms with Crippen molar-refractivity contribution in [3.63, 3.8) is 0 Å². The van der Waals surface area contributed by atoms with Crippen molar-refractivity contribution in [2.75, 3.05) is 6.61 Å². The molecule has 1 heterocycles. The normalized spacial score (nSPS) is 17.0. The summed E-state index contributed by atoms with van der Waals surface area (Å²) in [4.78, 5) is 4.79. The molecule has 1 fully saturated rings. The van der Waals surface area contributed by atoms with Crippen LogP contribution in [0.3, 0.4) is 0 Å². The second-order valence-electron chi connectivity index (χ2n) is 4.62. The Morgan fingerprint density at radius 2 is 2.06 bits per heavy atom. The fraction of sp³-hybridized carbons (Fsp3) is 0.308. The van der Waals surface area contributed by atoms with E-state index in [0.29, 0.717) is 6.61 Å². The summed E-state index contributed by atoms with van der Waals surface area (Å²) < 4.78 is 0. The Labute approximate surface area is 99.7 Å². The molecule has 0 radical (unpaired) electrons. The van der Waals surface area contributed by atoms with E-state index in [9.17, 15) is 0 Å². The van der Waals surface area contributed by atoms with Crippen LogP contribution in [0.15, 0.2) is 36.4 Å². The van der Waals surface area contributed by atoms with Gasteiger partial charge in [-0.2, -0.15) is 5.10 Å². The Balaban J connectivity index is 1.89. The van der Waals surface area contributed by atoms with Gasteiger partial charge in [0, 0.05) is 16.7 Å². The number of aromatic nitrogens is 2. The minimum absolute atomic E-state index is 0.0782. The molecule has 2 aromatic rings. The van der Waals surface area contributed by atoms with Gasteiger partial charge in [-0.1, -0.05) is 30.3 Å². The first-order valence-electron chi connectivity index (χ1n) is 5.77. The largest absolute Gasteiger partial charge is 0.304 e. The highest BCUT2D eigenvalue weighted by atomic mass is 16.6. The topological polar surface area (TPSA) is 63.9 Å². The van der Waals surface area contributed by atoms with Gasteiger partial charge in [-0.3, -0.25) is 5.10 Å². The number of nitrogens with two attached hydrogens (primary N) is 1. The highest BCUT2D eigenvalue weighted by Gasteiger charge is 2.46. The molecule has 3 rings (SSSR count). The zero-order valence-electron chi connectivity index (χ0n) is 9.52. The van der Waals surface area contributed by atoms with E-state index in [-0.39, 0.29) is 5.41 Å². The zero-order chi connectivity index (χ0) is 11.7. The molecule has 0 bridgehead atoms. The standard InChI is InChI=1S/C13H15N3O/c14-17-9-13(6-7-13)12-8-11(15-16-12)10-4-2-1-3-5-10/h1-5,8H,6-7,9,14H2,(H,15,16). The molecule has 4 heteroatoms. The van der Waals surface area contributed by atoms with Crippen molar-refractivity contribution in [3.05, 3.63) is 42.1 Å². The number of nitrogens with one attached hydrogen (secondary N) is 1. The maximum atomic E-state index is 5.18. The van der Waals surface area contributed by atoms with Crippen LogP contribution in [0, 0.1) is 0 Å². The number of aromatic amines is 1. The molecule has 0 atom stereocenters. The SMILES string of the molecule is NOCC1(c2cc(-c3ccccc3)n[nH]2)CC1. The van der Waals surface area contributed by atoms with Gasteiger partial charge in [-0.25, -0.2) is 5.90 Å². The molecular formula is C13H15N3O. The number of nitrogens with zero attached hydrogens (tertiary/aromatic N) is 1. The summed E-state index contributed by atoms with van der Waals surface area (Å²) in [5.41, 5.74) is 3.31. The minimum atomic E-state index is 0.0782. The van der Waals surface area contributed by atoms with Crippen molar-refractivity contribution < 1.29 is 4.84 Å². The molecule has 88 valence electrons. The third-order valence-electron chi connectivity index (χ3n) is 3.43. The second kappa shape index (κ2) is 3.98. The molecule has 0 saturated heterocycles. The highest BCUT2D eigenvalue weighted by Crippen LogP contribution is 2.47. The van der Waals surface area contributed by atoms with Crippen LogP contribution in [0.5, 0.6) is 0 Å². The van der Waals surface area contributed by atoms with E-state index in [1.165, 1.54) is 0 Å². The number of hydrogen-bond donors (Lipinski definition) is 2. The summed E-state index contributed by atoms with van der Waals surface area (Å²) in [7, 11) is 0. The van der Waals surface area contributed by atoms with Crippen molar-refractivity contribution in [1.29, 1.82) is 0 Å². The lowest BCUT2D eigenvalue weighted by Gasteiger charge is -2.09. The van der Waals surface area contributed by atoms with Gasteiger partial charge in [-0.15, -0.1) is 0 Å². The lowest BCUT2D eigenvalue weighted by atomic mass is 10.0. The molecule has 1 aromatic heterocycles. The first-order valence-corrected chi connectivity index (χ1v) is 5.77. The molecule has 17 heavy (non-hydrogen) atoms. The number of benzene rings is 1. The fourth-order valence-electron chi connectivity index (χ4n) is 2.15. The van der Waals surface area contributed by atoms with Gasteiger partial charge >= 0.3 is 0 Å². The summed E-state index contributed by atoms with van der Waals surface area (Å²) in [6, 6.07) is 12.2. The van der Waals surface area contributed by atoms with E-state index in [4.69, 9.17) is 10.7 Å². The summed E-state index contributed by atoms with van der Waals surface area (Å²) in [6.07, 6.45) is 2.22. The van der Waals surface area contributed by atoms with Crippen LogP contribution in [0.25, 0.3) is 11.3 Å². The predicted octanol–water partition coefficient (Wildman–Crippen LogP) is 2.00. The van der Waals surface area contributed by atoms with Gasteiger partial charge in [0.25, 0.3) is 0 Å². The average Bonchev–Trinajstić information content (AvgIpc) is 2.98. The van der Waals surface area contributed by atoms with Gasteiger partial charge < -0.3 is 4.84 Å². The molecule has 0 amide bonds. The first-order chi connectivity index (χ1) is 8.34. The van der Waals surface area contributed by atoms with Gasteiger partial charge in [0.05, 0.1) is 12.3 Å². The molecule has 3 N–H and O–H groups in total. The second-order valence-corrected chi connectivity index (χ2v) is 4.62. The third kappa shape index (κ3) is 1.85. The maximum Gasteiger partial charge on any atom is 0.0923 e. The van der Waals surface area contributed by atoms with Gasteiger partial charge in [0.2, 0.25) is 0 Å². The van der Waals surface area contributed by atoms with Crippen LogP contribution in [-0.2, 0) is 10.3 Å². The highest BCUT2D eigenvalue weighted by molar-refractivity contribution is 5.59. The van der Waals surface area contributed by atoms with Crippen LogP contribution >= 0.6 is 0 Å². The van der Waals surface area contributed by atoms with E-state index in [1.54, 1.807) is 0 Å². The average molecular weight is 229 g/mol. The van der Waals surface area contributed by atoms with Crippen molar-refractivity contribution in [1.82, 2.24) is 10.2 Å². The van der Waals surface area contributed by atoms with Crippen LogP contribution in [0.4, 0.5) is 0 Å². The van der Waals surface area contributed by atoms with Crippen LogP contribution in [-0.4, -0.2) is 16.8 Å². The van der Waals surface area contributed by atoms with E-state index in [1.807, 2.05) is 18.2 Å². The van der Waals surface area contributed by atoms with Crippen molar-refractivity contribution in [3.8, 4) is 11.3 Å². The molecule has 0 aliphatic heterocycles. The van der Waals surface area contributed by atoms with Crippen molar-refractivity contribution in [2.45, 2.75) is 18.3 Å². The van der Waals surface area contributed by atoms with Gasteiger partial charge in [-0.05, 0) is 18.9 Å². The lowest BCUT2D eigenvalue weighted by molar-refractivity contribution is 0.115. The first kappa shape index (κ1) is 10.5. The van der Waals surface area contributed by atoms with Crippen molar-refractivity contribution in [2.24, 2.45) is 5.90 Å². The van der Waals surface area contributed by atoms with E-state index in [2.05, 4.69) is 28.4 Å². The Morgan fingerprint density at radius 3 is 2.71 bits per heavy atom. The molecule has 4 nitrogen and oxygen atoms in total. The number of rotatable bonds is 4. The van der Waals surface area contributed by atoms with Crippen LogP contribution < -0.4 is 5.90 Å². The summed E-state index contributed by atoms with van der Waals surface area (Å²) in [5, 5.41) is 7.46. The van der Waals surface area contributed by atoms with Crippen LogP contribution in [0.2, 0.25) is 0 Å². The van der Waals surface area contributed by atoms with Crippen molar-refractivity contribution >= 4 is 0 Å². The van der Waals surface area contributed by atoms with E-state index in [0.717, 1.165) is 29.8 Å². The maximum absolute atomic E-state index is 5.18. The lowest BCUT2D eigenvalue weighted by Crippen LogP contribution is -2.18. The zero-order valence-corrected chi connectivity index (χ0v) is 9.52. The third-order valence-corrected chi connectivity index (χ3v) is 3.43. The van der Waals surface area contributed by atoms with Crippen LogP contribution in [0.1, 0.15) is 18.5 Å². The van der Waals surface area contributed by atoms with E-state index < -0.39 is 0 Å². The summed E-state index contributed by atoms with van der Waals surface area (Å²) >= 11 is 0. The Hall–Kier alpha value is -1.65. The summed E-state index contributed by atoms with van der Waals surface area (Å²) in [6.45, 7) is 0.559. The fourth-order valence-corrected chi connectivity index (χ4v) is 2.15. The molecule has 1 saturated carbocycles. The number of hydrogen-bond acceptors (Lipinski definition) is 3.